The molecule has 0 saturated heterocycles. The van der Waals surface area contributed by atoms with E-state index < -0.39 is 0 Å². The molecule has 0 amide bonds. The lowest BCUT2D eigenvalue weighted by molar-refractivity contribution is 0.116. The van der Waals surface area contributed by atoms with Crippen molar-refractivity contribution in [2.24, 2.45) is 0 Å². The first-order valence-electron chi connectivity index (χ1n) is 7.21. The van der Waals surface area contributed by atoms with Crippen LogP contribution in [0, 0.1) is 0 Å². The van der Waals surface area contributed by atoms with Gasteiger partial charge in [-0.2, -0.15) is 0 Å². The normalized spacial score (nSPS) is 10.8. The van der Waals surface area contributed by atoms with Crippen molar-refractivity contribution in [2.45, 2.75) is 51.6 Å². The molecular weight excluding hydrogens is 368 g/mol. The van der Waals surface area contributed by atoms with E-state index in [9.17, 15) is 0 Å². The maximum absolute atomic E-state index is 5.68. The topological polar surface area (TPSA) is 9.23 Å². The Hall–Kier alpha value is 0.140. The quantitative estimate of drug-likeness (QED) is 0.327. The minimum Gasteiger partial charge on any atom is -0.377 e. The highest BCUT2D eigenvalue weighted by Crippen LogP contribution is 2.12. The number of halogens is 2. The first-order chi connectivity index (χ1) is 9.33. The van der Waals surface area contributed by atoms with Crippen LogP contribution >= 0.6 is 31.9 Å². The molecule has 1 nitrogen and oxygen atoms in total. The summed E-state index contributed by atoms with van der Waals surface area (Å²) in [6.07, 6.45) is 9.28. The Balaban J connectivity index is 1.87. The molecule has 0 radical (unpaired) electrons. The fourth-order valence-electron chi connectivity index (χ4n) is 1.95. The molecule has 3 heteroatoms. The van der Waals surface area contributed by atoms with Crippen molar-refractivity contribution in [1.82, 2.24) is 0 Å². The maximum Gasteiger partial charge on any atom is 0.0716 e. The molecule has 0 atom stereocenters. The second-order valence-corrected chi connectivity index (χ2v) is 6.55. The lowest BCUT2D eigenvalue weighted by Crippen LogP contribution is -1.95. The predicted molar refractivity (Wildman–Crippen MR) is 89.9 cm³/mol. The lowest BCUT2D eigenvalue weighted by atomic mass is 10.1. The molecule has 0 N–H and O–H groups in total. The summed E-state index contributed by atoms with van der Waals surface area (Å²) in [5.74, 6) is 0. The minimum atomic E-state index is 0.735. The van der Waals surface area contributed by atoms with Crippen LogP contribution in [-0.2, 0) is 11.3 Å². The highest BCUT2D eigenvalue weighted by Gasteiger charge is 1.95. The number of benzene rings is 1. The van der Waals surface area contributed by atoms with Gasteiger partial charge in [0.1, 0.15) is 0 Å². The van der Waals surface area contributed by atoms with E-state index in [1.165, 1.54) is 50.5 Å². The van der Waals surface area contributed by atoms with Crippen LogP contribution in [0.2, 0.25) is 0 Å². The van der Waals surface area contributed by atoms with Gasteiger partial charge >= 0.3 is 0 Å². The average Bonchev–Trinajstić information content (AvgIpc) is 2.43. The van der Waals surface area contributed by atoms with Crippen molar-refractivity contribution in [3.63, 3.8) is 0 Å². The van der Waals surface area contributed by atoms with E-state index in [-0.39, 0.29) is 0 Å². The second-order valence-electron chi connectivity index (χ2n) is 4.84. The molecule has 1 rings (SSSR count). The van der Waals surface area contributed by atoms with Crippen LogP contribution in [0.1, 0.15) is 50.5 Å². The predicted octanol–water partition coefficient (Wildman–Crippen LogP) is 6.09. The fraction of sp³-hybridized carbons (Fsp3) is 0.625. The summed E-state index contributed by atoms with van der Waals surface area (Å²) in [4.78, 5) is 0. The van der Waals surface area contributed by atoms with Gasteiger partial charge in [-0.15, -0.1) is 0 Å². The van der Waals surface area contributed by atoms with Crippen molar-refractivity contribution in [1.29, 1.82) is 0 Å². The third-order valence-corrected chi connectivity index (χ3v) is 4.19. The third-order valence-electron chi connectivity index (χ3n) is 3.10. The second kappa shape index (κ2) is 11.9. The molecule has 0 unspecified atom stereocenters. The molecule has 0 aliphatic rings. The van der Waals surface area contributed by atoms with Crippen LogP contribution in [-0.4, -0.2) is 11.9 Å². The number of alkyl halides is 1. The van der Waals surface area contributed by atoms with Gasteiger partial charge < -0.3 is 4.74 Å². The molecule has 108 valence electrons. The van der Waals surface area contributed by atoms with Crippen LogP contribution in [0.4, 0.5) is 0 Å². The number of ether oxygens (including phenoxy) is 1. The van der Waals surface area contributed by atoms with Gasteiger partial charge in [-0.25, -0.2) is 0 Å². The van der Waals surface area contributed by atoms with Gasteiger partial charge in [-0.1, -0.05) is 76.1 Å². The molecule has 0 aliphatic carbocycles. The zero-order chi connectivity index (χ0) is 13.8. The largest absolute Gasteiger partial charge is 0.377 e. The van der Waals surface area contributed by atoms with Crippen LogP contribution in [0.15, 0.2) is 28.7 Å². The SMILES string of the molecule is BrCCCCCCCCCOCc1ccc(Br)cc1. The Morgan fingerprint density at radius 2 is 1.37 bits per heavy atom. The smallest absolute Gasteiger partial charge is 0.0716 e. The summed E-state index contributed by atoms with van der Waals surface area (Å²) in [6, 6.07) is 8.33. The Morgan fingerprint density at radius 1 is 0.789 bits per heavy atom. The molecule has 0 fully saturated rings. The van der Waals surface area contributed by atoms with E-state index in [1.807, 2.05) is 0 Å². The van der Waals surface area contributed by atoms with E-state index in [0.717, 1.165) is 23.0 Å². The van der Waals surface area contributed by atoms with E-state index in [1.54, 1.807) is 0 Å². The first kappa shape index (κ1) is 17.2. The Morgan fingerprint density at radius 3 is 2.00 bits per heavy atom. The third kappa shape index (κ3) is 9.64. The van der Waals surface area contributed by atoms with Crippen molar-refractivity contribution < 1.29 is 4.74 Å². The molecule has 0 spiro atoms. The molecule has 0 bridgehead atoms. The molecule has 1 aromatic rings. The Kier molecular flexibility index (Phi) is 10.8. The minimum absolute atomic E-state index is 0.735. The van der Waals surface area contributed by atoms with Gasteiger partial charge in [0.05, 0.1) is 6.61 Å². The summed E-state index contributed by atoms with van der Waals surface area (Å²) in [5.41, 5.74) is 1.25. The molecule has 0 saturated carbocycles. The molecule has 0 heterocycles. The zero-order valence-electron chi connectivity index (χ0n) is 11.5. The van der Waals surface area contributed by atoms with E-state index in [0.29, 0.717) is 0 Å². The number of unbranched alkanes of at least 4 members (excludes halogenated alkanes) is 6. The lowest BCUT2D eigenvalue weighted by Gasteiger charge is -2.05. The molecule has 0 aromatic heterocycles. The van der Waals surface area contributed by atoms with Gasteiger partial charge in [-0.05, 0) is 30.5 Å². The van der Waals surface area contributed by atoms with Crippen LogP contribution < -0.4 is 0 Å². The van der Waals surface area contributed by atoms with Crippen LogP contribution in [0.5, 0.6) is 0 Å². The number of hydrogen-bond donors (Lipinski definition) is 0. The van der Waals surface area contributed by atoms with Crippen molar-refractivity contribution in [3.05, 3.63) is 34.3 Å². The van der Waals surface area contributed by atoms with Crippen molar-refractivity contribution in [2.75, 3.05) is 11.9 Å². The van der Waals surface area contributed by atoms with Gasteiger partial charge in [0.15, 0.2) is 0 Å². The molecule has 0 aliphatic heterocycles. The fourth-order valence-corrected chi connectivity index (χ4v) is 2.61. The Labute approximate surface area is 134 Å². The average molecular weight is 392 g/mol. The molecule has 19 heavy (non-hydrogen) atoms. The highest BCUT2D eigenvalue weighted by atomic mass is 79.9. The Bertz CT molecular complexity index is 311. The zero-order valence-corrected chi connectivity index (χ0v) is 14.7. The van der Waals surface area contributed by atoms with Crippen molar-refractivity contribution >= 4 is 31.9 Å². The van der Waals surface area contributed by atoms with Crippen LogP contribution in [0.25, 0.3) is 0 Å². The van der Waals surface area contributed by atoms with Crippen LogP contribution in [0.3, 0.4) is 0 Å². The van der Waals surface area contributed by atoms with Gasteiger partial charge in [0, 0.05) is 16.4 Å². The van der Waals surface area contributed by atoms with Crippen molar-refractivity contribution in [3.8, 4) is 0 Å². The van der Waals surface area contributed by atoms with E-state index in [4.69, 9.17) is 4.74 Å². The number of rotatable bonds is 11. The highest BCUT2D eigenvalue weighted by molar-refractivity contribution is 9.10. The summed E-state index contributed by atoms with van der Waals surface area (Å²) in [6.45, 7) is 1.62. The van der Waals surface area contributed by atoms with E-state index >= 15 is 0 Å². The van der Waals surface area contributed by atoms with Gasteiger partial charge in [-0.3, -0.25) is 0 Å². The monoisotopic (exact) mass is 390 g/mol. The molecular formula is C16H24Br2O. The van der Waals surface area contributed by atoms with E-state index in [2.05, 4.69) is 56.1 Å². The standard InChI is InChI=1S/C16H24Br2O/c17-12-6-4-2-1-3-5-7-13-19-14-15-8-10-16(18)11-9-15/h8-11H,1-7,12-14H2. The van der Waals surface area contributed by atoms with Gasteiger partial charge in [0.25, 0.3) is 0 Å². The summed E-state index contributed by atoms with van der Waals surface area (Å²) < 4.78 is 6.80. The van der Waals surface area contributed by atoms with Gasteiger partial charge in [0.2, 0.25) is 0 Å². The number of hydrogen-bond acceptors (Lipinski definition) is 1. The summed E-state index contributed by atoms with van der Waals surface area (Å²) >= 11 is 6.90. The maximum atomic E-state index is 5.68. The summed E-state index contributed by atoms with van der Waals surface area (Å²) in [5, 5.41) is 1.15. The first-order valence-corrected chi connectivity index (χ1v) is 9.12. The summed E-state index contributed by atoms with van der Waals surface area (Å²) in [7, 11) is 0. The molecule has 1 aromatic carbocycles.